The van der Waals surface area contributed by atoms with Crippen molar-refractivity contribution in [1.29, 1.82) is 10.5 Å². The molecule has 0 atom stereocenters. The van der Waals surface area contributed by atoms with Gasteiger partial charge in [-0.15, -0.1) is 0 Å². The maximum atomic E-state index is 13.9. The number of hydrogen-bond donors (Lipinski definition) is 0. The number of thioether (sulfide) groups is 1. The lowest BCUT2D eigenvalue weighted by Gasteiger charge is -2.33. The summed E-state index contributed by atoms with van der Waals surface area (Å²) >= 11 is 1.30. The second-order valence-electron chi connectivity index (χ2n) is 8.26. The molecule has 0 N–H and O–H groups in total. The number of rotatable bonds is 9. The summed E-state index contributed by atoms with van der Waals surface area (Å²) in [6.07, 6.45) is 2.52. The van der Waals surface area contributed by atoms with Gasteiger partial charge in [-0.05, 0) is 24.3 Å². The van der Waals surface area contributed by atoms with Crippen LogP contribution in [-0.2, 0) is 10.5 Å². The molecule has 8 nitrogen and oxygen atoms in total. The highest BCUT2D eigenvalue weighted by Gasteiger charge is 2.36. The van der Waals surface area contributed by atoms with E-state index in [1.54, 1.807) is 30.3 Å². The molecule has 0 unspecified atom stereocenters. The van der Waals surface area contributed by atoms with Crippen LogP contribution in [0.1, 0.15) is 29.7 Å². The molecule has 1 fully saturated rings. The molecule has 0 bridgehead atoms. The van der Waals surface area contributed by atoms with Gasteiger partial charge in [-0.25, -0.2) is 13.8 Å². The zero-order valence-corrected chi connectivity index (χ0v) is 21.0. The number of nitriles is 2. The molecule has 11 heteroatoms. The second kappa shape index (κ2) is 12.0. The molecule has 1 saturated heterocycles. The van der Waals surface area contributed by atoms with Crippen molar-refractivity contribution < 1.29 is 18.3 Å². The van der Waals surface area contributed by atoms with Crippen LogP contribution in [0.15, 0.2) is 47.8 Å². The number of pyridine rings is 3. The third-order valence-electron chi connectivity index (χ3n) is 5.79. The van der Waals surface area contributed by atoms with Gasteiger partial charge in [-0.2, -0.15) is 10.5 Å². The first-order valence-corrected chi connectivity index (χ1v) is 12.6. The van der Waals surface area contributed by atoms with Crippen LogP contribution in [-0.4, -0.2) is 54.3 Å². The fraction of sp³-hybridized carbons (Fsp3) is 0.346. The highest BCUT2D eigenvalue weighted by Crippen LogP contribution is 2.40. The van der Waals surface area contributed by atoms with Gasteiger partial charge in [0.15, 0.2) is 0 Å². The Bertz CT molecular complexity index is 1300. The fourth-order valence-electron chi connectivity index (χ4n) is 3.88. The summed E-state index contributed by atoms with van der Waals surface area (Å²) in [5.41, 5.74) is 1.82. The Morgan fingerprint density at radius 1 is 1.05 bits per heavy atom. The Balaban J connectivity index is 1.78. The summed E-state index contributed by atoms with van der Waals surface area (Å²) in [4.78, 5) is 15.1. The Morgan fingerprint density at radius 2 is 1.84 bits per heavy atom. The number of alkyl halides is 2. The molecule has 0 radical (unpaired) electrons. The largest absolute Gasteiger partial charge is 0.490 e. The Hall–Kier alpha value is -3.80. The molecule has 1 aliphatic heterocycles. The van der Waals surface area contributed by atoms with Crippen molar-refractivity contribution >= 4 is 17.6 Å². The lowest BCUT2D eigenvalue weighted by Crippen LogP contribution is -2.40. The van der Waals surface area contributed by atoms with E-state index in [9.17, 15) is 19.3 Å². The van der Waals surface area contributed by atoms with E-state index in [1.807, 2.05) is 18.2 Å². The van der Waals surface area contributed by atoms with Crippen molar-refractivity contribution in [2.75, 3.05) is 38.3 Å². The highest BCUT2D eigenvalue weighted by atomic mass is 32.2. The lowest BCUT2D eigenvalue weighted by atomic mass is 9.99. The molecule has 0 spiro atoms. The van der Waals surface area contributed by atoms with Crippen LogP contribution in [0.25, 0.3) is 11.3 Å². The zero-order chi connectivity index (χ0) is 26.3. The van der Waals surface area contributed by atoms with Gasteiger partial charge in [-0.3, -0.25) is 9.97 Å². The SMILES string of the molecule is COCCOc1ccc(-c2c(C#N)c(SCc3ccccn3)nc(N3CCC(F)(F)CC3)c2C#N)nc1. The number of aromatic nitrogens is 3. The van der Waals surface area contributed by atoms with E-state index in [2.05, 4.69) is 27.1 Å². The van der Waals surface area contributed by atoms with E-state index in [-0.39, 0.29) is 42.9 Å². The standard InChI is InChI=1S/C26H24F2N6O2S/c1-35-12-13-36-19-5-6-22(32-16-19)23-20(14-29)24(34-10-7-26(27,28)8-11-34)33-25(21(23)15-30)37-17-18-4-2-3-9-31-18/h2-6,9,16H,7-8,10-13,17H2,1H3. The molecular weight excluding hydrogens is 498 g/mol. The maximum Gasteiger partial charge on any atom is 0.251 e. The average molecular weight is 523 g/mol. The van der Waals surface area contributed by atoms with Gasteiger partial charge in [-0.1, -0.05) is 17.8 Å². The summed E-state index contributed by atoms with van der Waals surface area (Å²) in [5, 5.41) is 20.7. The van der Waals surface area contributed by atoms with Gasteiger partial charge in [0, 0.05) is 50.6 Å². The van der Waals surface area contributed by atoms with Crippen LogP contribution < -0.4 is 9.64 Å². The highest BCUT2D eigenvalue weighted by molar-refractivity contribution is 7.98. The summed E-state index contributed by atoms with van der Waals surface area (Å²) < 4.78 is 38.3. The number of anilines is 1. The molecule has 37 heavy (non-hydrogen) atoms. The van der Waals surface area contributed by atoms with Crippen molar-refractivity contribution in [3.05, 3.63) is 59.5 Å². The van der Waals surface area contributed by atoms with E-state index in [1.165, 1.54) is 18.0 Å². The monoisotopic (exact) mass is 522 g/mol. The molecule has 4 rings (SSSR count). The predicted molar refractivity (Wildman–Crippen MR) is 134 cm³/mol. The molecule has 3 aromatic heterocycles. The summed E-state index contributed by atoms with van der Waals surface area (Å²) in [5.74, 6) is -1.53. The Kier molecular flexibility index (Phi) is 8.49. The molecule has 0 saturated carbocycles. The summed E-state index contributed by atoms with van der Waals surface area (Å²) in [6.45, 7) is 0.851. The quantitative estimate of drug-likeness (QED) is 0.288. The van der Waals surface area contributed by atoms with Crippen molar-refractivity contribution in [1.82, 2.24) is 15.0 Å². The number of halogens is 2. The second-order valence-corrected chi connectivity index (χ2v) is 9.23. The minimum atomic E-state index is -2.75. The van der Waals surface area contributed by atoms with E-state index in [0.29, 0.717) is 41.0 Å². The first-order chi connectivity index (χ1) is 18.0. The van der Waals surface area contributed by atoms with Gasteiger partial charge < -0.3 is 14.4 Å². The minimum absolute atomic E-state index is 0.0457. The van der Waals surface area contributed by atoms with Crippen molar-refractivity contribution in [2.45, 2.75) is 29.5 Å². The smallest absolute Gasteiger partial charge is 0.251 e. The first-order valence-electron chi connectivity index (χ1n) is 11.6. The maximum absolute atomic E-state index is 13.9. The first kappa shape index (κ1) is 26.3. The molecule has 0 aromatic carbocycles. The van der Waals surface area contributed by atoms with E-state index in [4.69, 9.17) is 9.47 Å². The van der Waals surface area contributed by atoms with Crippen LogP contribution >= 0.6 is 11.8 Å². The summed E-state index contributed by atoms with van der Waals surface area (Å²) in [6, 6.07) is 13.3. The number of hydrogen-bond acceptors (Lipinski definition) is 9. The molecule has 190 valence electrons. The number of methoxy groups -OCH3 is 1. The van der Waals surface area contributed by atoms with Gasteiger partial charge in [0.1, 0.15) is 40.9 Å². The van der Waals surface area contributed by atoms with Gasteiger partial charge in [0.2, 0.25) is 0 Å². The molecule has 3 aromatic rings. The lowest BCUT2D eigenvalue weighted by molar-refractivity contribution is -0.0221. The number of ether oxygens (including phenoxy) is 2. The Labute approximate surface area is 217 Å². The third-order valence-corrected chi connectivity index (χ3v) is 6.80. The Morgan fingerprint density at radius 3 is 2.46 bits per heavy atom. The molecule has 4 heterocycles. The molecule has 1 aliphatic rings. The molecule has 0 amide bonds. The topological polar surface area (TPSA) is 108 Å². The minimum Gasteiger partial charge on any atom is -0.490 e. The average Bonchev–Trinajstić information content (AvgIpc) is 2.92. The third kappa shape index (κ3) is 6.31. The van der Waals surface area contributed by atoms with Gasteiger partial charge in [0.05, 0.1) is 29.8 Å². The van der Waals surface area contributed by atoms with Crippen molar-refractivity contribution in [3.63, 3.8) is 0 Å². The van der Waals surface area contributed by atoms with Crippen molar-refractivity contribution in [3.8, 4) is 29.1 Å². The fourth-order valence-corrected chi connectivity index (χ4v) is 4.78. The normalized spacial score (nSPS) is 14.6. The van der Waals surface area contributed by atoms with E-state index >= 15 is 0 Å². The van der Waals surface area contributed by atoms with Crippen LogP contribution in [0, 0.1) is 22.7 Å². The molecule has 0 aliphatic carbocycles. The van der Waals surface area contributed by atoms with Crippen LogP contribution in [0.4, 0.5) is 14.6 Å². The number of nitrogens with zero attached hydrogens (tertiary/aromatic N) is 6. The predicted octanol–water partition coefficient (Wildman–Crippen LogP) is 4.83. The van der Waals surface area contributed by atoms with E-state index < -0.39 is 5.92 Å². The van der Waals surface area contributed by atoms with E-state index in [0.717, 1.165) is 5.69 Å². The van der Waals surface area contributed by atoms with Gasteiger partial charge in [0.25, 0.3) is 5.92 Å². The van der Waals surface area contributed by atoms with Crippen LogP contribution in [0.2, 0.25) is 0 Å². The van der Waals surface area contributed by atoms with Crippen LogP contribution in [0.5, 0.6) is 5.75 Å². The van der Waals surface area contributed by atoms with Gasteiger partial charge >= 0.3 is 0 Å². The molecular formula is C26H24F2N6O2S. The summed E-state index contributed by atoms with van der Waals surface area (Å²) in [7, 11) is 1.57. The van der Waals surface area contributed by atoms with Crippen molar-refractivity contribution in [2.24, 2.45) is 0 Å². The van der Waals surface area contributed by atoms with Crippen LogP contribution in [0.3, 0.4) is 0 Å². The number of piperidine rings is 1. The zero-order valence-electron chi connectivity index (χ0n) is 20.2.